The van der Waals surface area contributed by atoms with Crippen LogP contribution in [-0.4, -0.2) is 41.4 Å². The van der Waals surface area contributed by atoms with Crippen LogP contribution in [0.4, 0.5) is 11.5 Å². The normalized spacial score (nSPS) is 20.7. The van der Waals surface area contributed by atoms with Crippen molar-refractivity contribution in [3.8, 4) is 0 Å². The number of rotatable bonds is 5. The Labute approximate surface area is 116 Å². The van der Waals surface area contributed by atoms with Crippen molar-refractivity contribution in [1.29, 1.82) is 0 Å². The van der Waals surface area contributed by atoms with E-state index in [0.29, 0.717) is 5.92 Å². The molecule has 19 heavy (non-hydrogen) atoms. The van der Waals surface area contributed by atoms with Gasteiger partial charge in [-0.05, 0) is 45.7 Å². The predicted molar refractivity (Wildman–Crippen MR) is 80.4 cm³/mol. The molecule has 2 rings (SSSR count). The van der Waals surface area contributed by atoms with Gasteiger partial charge in [-0.25, -0.2) is 4.68 Å². The molecule has 0 aliphatic carbocycles. The van der Waals surface area contributed by atoms with Crippen LogP contribution in [0.5, 0.6) is 0 Å². The molecule has 3 N–H and O–H groups in total. The second-order valence-electron chi connectivity index (χ2n) is 5.72. The molecule has 1 aliphatic heterocycles. The van der Waals surface area contributed by atoms with Crippen molar-refractivity contribution in [2.75, 3.05) is 37.7 Å². The first-order valence-corrected chi connectivity index (χ1v) is 7.37. The highest BCUT2D eigenvalue weighted by molar-refractivity contribution is 5.64. The number of nitrogen functional groups attached to an aromatic ring is 1. The van der Waals surface area contributed by atoms with Gasteiger partial charge >= 0.3 is 0 Å². The fourth-order valence-electron chi connectivity index (χ4n) is 2.84. The third-order valence-electron chi connectivity index (χ3n) is 3.89. The Morgan fingerprint density at radius 1 is 1.47 bits per heavy atom. The number of hydrogen-bond donors (Lipinski definition) is 2. The van der Waals surface area contributed by atoms with Crippen LogP contribution in [0.1, 0.15) is 31.9 Å². The van der Waals surface area contributed by atoms with Gasteiger partial charge in [-0.3, -0.25) is 0 Å². The molecule has 108 valence electrons. The van der Waals surface area contributed by atoms with E-state index in [4.69, 9.17) is 5.73 Å². The van der Waals surface area contributed by atoms with Crippen molar-refractivity contribution in [2.45, 2.75) is 39.7 Å². The number of hydrogen-bond acceptors (Lipinski definition) is 4. The van der Waals surface area contributed by atoms with Crippen LogP contribution in [0.2, 0.25) is 0 Å². The maximum absolute atomic E-state index is 6.12. The van der Waals surface area contributed by atoms with Gasteiger partial charge in [0.25, 0.3) is 0 Å². The Morgan fingerprint density at radius 3 is 2.95 bits per heavy atom. The first-order chi connectivity index (χ1) is 9.11. The van der Waals surface area contributed by atoms with E-state index in [1.54, 1.807) is 0 Å². The second-order valence-corrected chi connectivity index (χ2v) is 5.72. The Bertz CT molecular complexity index is 412. The monoisotopic (exact) mass is 265 g/mol. The van der Waals surface area contributed by atoms with E-state index < -0.39 is 0 Å². The van der Waals surface area contributed by atoms with Gasteiger partial charge in [0, 0.05) is 19.6 Å². The number of aromatic nitrogens is 2. The molecule has 1 aromatic heterocycles. The molecule has 0 aromatic carbocycles. The van der Waals surface area contributed by atoms with Crippen LogP contribution in [0, 0.1) is 12.8 Å². The zero-order valence-corrected chi connectivity index (χ0v) is 12.4. The highest BCUT2D eigenvalue weighted by Crippen LogP contribution is 2.24. The molecule has 0 bridgehead atoms. The molecule has 1 fully saturated rings. The first kappa shape index (κ1) is 14.2. The molecule has 0 saturated carbocycles. The zero-order chi connectivity index (χ0) is 13.8. The summed E-state index contributed by atoms with van der Waals surface area (Å²) in [4.78, 5) is 2.41. The van der Waals surface area contributed by atoms with Gasteiger partial charge in [0.1, 0.15) is 5.82 Å². The van der Waals surface area contributed by atoms with E-state index in [2.05, 4.69) is 29.3 Å². The van der Waals surface area contributed by atoms with Gasteiger partial charge in [-0.2, -0.15) is 5.10 Å². The van der Waals surface area contributed by atoms with Crippen LogP contribution in [0.3, 0.4) is 0 Å². The summed E-state index contributed by atoms with van der Waals surface area (Å²) < 4.78 is 2.01. The molecule has 1 aromatic rings. The second kappa shape index (κ2) is 6.28. The number of nitrogens with one attached hydrogen (secondary N) is 1. The molecule has 1 atom stereocenters. The van der Waals surface area contributed by atoms with Crippen molar-refractivity contribution < 1.29 is 0 Å². The van der Waals surface area contributed by atoms with E-state index in [1.165, 1.54) is 25.9 Å². The van der Waals surface area contributed by atoms with Gasteiger partial charge in [0.15, 0.2) is 0 Å². The Balaban J connectivity index is 1.98. The fraction of sp³-hybridized carbons (Fsp3) is 0.786. The number of piperidine rings is 1. The van der Waals surface area contributed by atoms with Crippen LogP contribution in [0.15, 0.2) is 0 Å². The van der Waals surface area contributed by atoms with Crippen molar-refractivity contribution in [3.63, 3.8) is 0 Å². The van der Waals surface area contributed by atoms with Crippen LogP contribution < -0.4 is 11.1 Å². The smallest absolute Gasteiger partial charge is 0.148 e. The fourth-order valence-corrected chi connectivity index (χ4v) is 2.84. The summed E-state index contributed by atoms with van der Waals surface area (Å²) in [6.45, 7) is 8.45. The summed E-state index contributed by atoms with van der Waals surface area (Å²) in [7, 11) is 2.20. The quantitative estimate of drug-likeness (QED) is 0.854. The van der Waals surface area contributed by atoms with E-state index in [1.807, 2.05) is 11.6 Å². The van der Waals surface area contributed by atoms with E-state index in [9.17, 15) is 0 Å². The lowest BCUT2D eigenvalue weighted by atomic mass is 9.98. The van der Waals surface area contributed by atoms with Crippen molar-refractivity contribution in [1.82, 2.24) is 14.7 Å². The summed E-state index contributed by atoms with van der Waals surface area (Å²) >= 11 is 0. The molecule has 1 aliphatic rings. The number of nitrogens with zero attached hydrogens (tertiary/aromatic N) is 3. The van der Waals surface area contributed by atoms with Crippen molar-refractivity contribution >= 4 is 11.5 Å². The topological polar surface area (TPSA) is 59.1 Å². The lowest BCUT2D eigenvalue weighted by Crippen LogP contribution is -2.35. The maximum atomic E-state index is 6.12. The van der Waals surface area contributed by atoms with Crippen molar-refractivity contribution in [2.24, 2.45) is 5.92 Å². The standard InChI is InChI=1S/C14H27N5/c1-4-7-19-14(13(15)11(2)17-19)16-9-12-6-5-8-18(3)10-12/h12,16H,4-10,15H2,1-3H3. The van der Waals surface area contributed by atoms with E-state index >= 15 is 0 Å². The molecule has 1 saturated heterocycles. The molecular formula is C14H27N5. The average molecular weight is 265 g/mol. The molecular weight excluding hydrogens is 238 g/mol. The maximum Gasteiger partial charge on any atom is 0.148 e. The van der Waals surface area contributed by atoms with Crippen LogP contribution >= 0.6 is 0 Å². The molecule has 5 heteroatoms. The lowest BCUT2D eigenvalue weighted by Gasteiger charge is -2.30. The lowest BCUT2D eigenvalue weighted by molar-refractivity contribution is 0.217. The third kappa shape index (κ3) is 3.41. The van der Waals surface area contributed by atoms with Gasteiger partial charge in [0.05, 0.1) is 11.4 Å². The minimum absolute atomic E-state index is 0.712. The van der Waals surface area contributed by atoms with Crippen molar-refractivity contribution in [3.05, 3.63) is 5.69 Å². The first-order valence-electron chi connectivity index (χ1n) is 7.37. The minimum Gasteiger partial charge on any atom is -0.394 e. The Hall–Kier alpha value is -1.23. The molecule has 2 heterocycles. The van der Waals surface area contributed by atoms with Crippen LogP contribution in [-0.2, 0) is 6.54 Å². The van der Waals surface area contributed by atoms with E-state index in [-0.39, 0.29) is 0 Å². The summed E-state index contributed by atoms with van der Waals surface area (Å²) in [6, 6.07) is 0. The van der Waals surface area contributed by atoms with Gasteiger partial charge in [0.2, 0.25) is 0 Å². The molecule has 5 nitrogen and oxygen atoms in total. The summed E-state index contributed by atoms with van der Waals surface area (Å²) in [5, 5.41) is 8.02. The average Bonchev–Trinajstić information content (AvgIpc) is 2.63. The molecule has 0 amide bonds. The highest BCUT2D eigenvalue weighted by atomic mass is 15.3. The highest BCUT2D eigenvalue weighted by Gasteiger charge is 2.18. The molecule has 1 unspecified atom stereocenters. The predicted octanol–water partition coefficient (Wildman–Crippen LogP) is 1.94. The van der Waals surface area contributed by atoms with Gasteiger partial charge in [-0.1, -0.05) is 6.92 Å². The number of aryl methyl sites for hydroxylation is 2. The summed E-state index contributed by atoms with van der Waals surface area (Å²) in [6.07, 6.45) is 3.67. The number of likely N-dealkylation sites (tertiary alicyclic amines) is 1. The molecule has 0 spiro atoms. The third-order valence-corrected chi connectivity index (χ3v) is 3.89. The number of anilines is 2. The Kier molecular flexibility index (Phi) is 4.69. The van der Waals surface area contributed by atoms with Gasteiger partial charge < -0.3 is 16.0 Å². The zero-order valence-electron chi connectivity index (χ0n) is 12.4. The molecule has 0 radical (unpaired) electrons. The summed E-state index contributed by atoms with van der Waals surface area (Å²) in [5.74, 6) is 1.72. The Morgan fingerprint density at radius 2 is 2.26 bits per heavy atom. The number of nitrogens with two attached hydrogens (primary N) is 1. The minimum atomic E-state index is 0.712. The van der Waals surface area contributed by atoms with Crippen LogP contribution in [0.25, 0.3) is 0 Å². The van der Waals surface area contributed by atoms with E-state index in [0.717, 1.165) is 36.7 Å². The largest absolute Gasteiger partial charge is 0.394 e. The SMILES string of the molecule is CCCn1nc(C)c(N)c1NCC1CCCN(C)C1. The summed E-state index contributed by atoms with van der Waals surface area (Å²) in [5.41, 5.74) is 7.85. The van der Waals surface area contributed by atoms with Gasteiger partial charge in [-0.15, -0.1) is 0 Å².